The van der Waals surface area contributed by atoms with Crippen LogP contribution in [-0.4, -0.2) is 25.8 Å². The van der Waals surface area contributed by atoms with Gasteiger partial charge in [-0.05, 0) is 48.5 Å². The number of carbonyl (C=O) groups excluding carboxylic acids is 1. The maximum atomic E-state index is 12.2. The molecule has 7 heteroatoms. The van der Waals surface area contributed by atoms with Gasteiger partial charge in [0.1, 0.15) is 11.5 Å². The number of hydrogen-bond acceptors (Lipinski definition) is 5. The molecule has 0 saturated heterocycles. The Balaban J connectivity index is 1.59. The number of amides is 1. The molecule has 0 aromatic heterocycles. The van der Waals surface area contributed by atoms with Crippen molar-refractivity contribution in [1.82, 2.24) is 0 Å². The van der Waals surface area contributed by atoms with E-state index in [0.29, 0.717) is 22.2 Å². The first-order chi connectivity index (χ1) is 14.2. The smallest absolute Gasteiger partial charge is 0.262 e. The lowest BCUT2D eigenvalue weighted by atomic mass is 10.2. The Hall–Kier alpha value is -3.51. The zero-order valence-electron chi connectivity index (χ0n) is 15.8. The van der Waals surface area contributed by atoms with E-state index in [9.17, 15) is 4.79 Å². The molecule has 148 valence electrons. The number of hydrogen-bond donors (Lipinski definition) is 2. The van der Waals surface area contributed by atoms with E-state index < -0.39 is 0 Å². The predicted molar refractivity (Wildman–Crippen MR) is 116 cm³/mol. The topological polar surface area (TPSA) is 72.0 Å². The van der Waals surface area contributed by atoms with Gasteiger partial charge in [-0.15, -0.1) is 0 Å². The lowest BCUT2D eigenvalue weighted by Crippen LogP contribution is -2.20. The molecule has 6 nitrogen and oxygen atoms in total. The number of nitrogens with zero attached hydrogens (tertiary/aromatic N) is 1. The summed E-state index contributed by atoms with van der Waals surface area (Å²) in [6.45, 7) is -0.145. The molecule has 1 amide bonds. The number of hydrazone groups is 1. The van der Waals surface area contributed by atoms with Crippen molar-refractivity contribution in [3.63, 3.8) is 0 Å². The van der Waals surface area contributed by atoms with Gasteiger partial charge in [-0.25, -0.2) is 0 Å². The molecular weight excluding hydrogens is 390 g/mol. The van der Waals surface area contributed by atoms with Gasteiger partial charge in [0.15, 0.2) is 6.61 Å². The number of anilines is 2. The third-order valence-electron chi connectivity index (χ3n) is 3.90. The Labute approximate surface area is 174 Å². The van der Waals surface area contributed by atoms with Crippen LogP contribution in [0.15, 0.2) is 77.9 Å². The molecule has 0 heterocycles. The van der Waals surface area contributed by atoms with Crippen LogP contribution in [0.1, 0.15) is 5.56 Å². The summed E-state index contributed by atoms with van der Waals surface area (Å²) in [5.74, 6) is 0.839. The van der Waals surface area contributed by atoms with Crippen molar-refractivity contribution in [3.05, 3.63) is 83.4 Å². The second-order valence-corrected chi connectivity index (χ2v) is 6.39. The van der Waals surface area contributed by atoms with Crippen molar-refractivity contribution in [2.45, 2.75) is 0 Å². The van der Waals surface area contributed by atoms with E-state index in [1.165, 1.54) is 0 Å². The summed E-state index contributed by atoms with van der Waals surface area (Å²) in [7, 11) is 1.55. The molecule has 0 aliphatic rings. The fourth-order valence-corrected chi connectivity index (χ4v) is 2.62. The first kappa shape index (κ1) is 20.2. The zero-order chi connectivity index (χ0) is 20.5. The van der Waals surface area contributed by atoms with E-state index >= 15 is 0 Å². The number of nitrogens with one attached hydrogen (secondary N) is 2. The highest BCUT2D eigenvalue weighted by Gasteiger charge is 2.09. The first-order valence-corrected chi connectivity index (χ1v) is 9.23. The van der Waals surface area contributed by atoms with E-state index in [0.717, 1.165) is 11.3 Å². The highest BCUT2D eigenvalue weighted by Crippen LogP contribution is 2.23. The largest absolute Gasteiger partial charge is 0.495 e. The van der Waals surface area contributed by atoms with Crippen LogP contribution in [0.25, 0.3) is 0 Å². The molecular formula is C22H20ClN3O3. The molecule has 3 aromatic carbocycles. The second kappa shape index (κ2) is 10.1. The Bertz CT molecular complexity index is 991. The van der Waals surface area contributed by atoms with Crippen molar-refractivity contribution in [3.8, 4) is 11.5 Å². The minimum Gasteiger partial charge on any atom is -0.495 e. The van der Waals surface area contributed by atoms with Crippen LogP contribution >= 0.6 is 11.6 Å². The normalized spacial score (nSPS) is 10.6. The lowest BCUT2D eigenvalue weighted by molar-refractivity contribution is -0.118. The third kappa shape index (κ3) is 5.99. The van der Waals surface area contributed by atoms with Gasteiger partial charge in [0, 0.05) is 10.6 Å². The van der Waals surface area contributed by atoms with Gasteiger partial charge >= 0.3 is 0 Å². The van der Waals surface area contributed by atoms with Gasteiger partial charge in [-0.1, -0.05) is 35.9 Å². The fraction of sp³-hybridized carbons (Fsp3) is 0.0909. The Morgan fingerprint density at radius 3 is 2.45 bits per heavy atom. The average Bonchev–Trinajstić information content (AvgIpc) is 2.75. The summed E-state index contributed by atoms with van der Waals surface area (Å²) >= 11 is 5.87. The number of benzene rings is 3. The average molecular weight is 410 g/mol. The van der Waals surface area contributed by atoms with E-state index in [1.54, 1.807) is 43.7 Å². The summed E-state index contributed by atoms with van der Waals surface area (Å²) < 4.78 is 10.9. The number of para-hydroxylation sites is 3. The van der Waals surface area contributed by atoms with E-state index in [2.05, 4.69) is 15.8 Å². The molecule has 0 aliphatic heterocycles. The van der Waals surface area contributed by atoms with E-state index in [1.807, 2.05) is 42.5 Å². The molecule has 0 unspecified atom stereocenters. The van der Waals surface area contributed by atoms with Crippen molar-refractivity contribution in [2.24, 2.45) is 5.10 Å². The molecule has 0 aliphatic carbocycles. The van der Waals surface area contributed by atoms with Gasteiger partial charge in [0.25, 0.3) is 5.91 Å². The SMILES string of the molecule is COc1ccccc1NC(=O)COc1ccccc1/C=N\Nc1ccc(Cl)cc1. The molecule has 3 rings (SSSR count). The monoisotopic (exact) mass is 409 g/mol. The predicted octanol–water partition coefficient (Wildman–Crippen LogP) is 4.81. The van der Waals surface area contributed by atoms with Crippen LogP contribution in [0.4, 0.5) is 11.4 Å². The summed E-state index contributed by atoms with van der Waals surface area (Å²) in [6.07, 6.45) is 1.63. The summed E-state index contributed by atoms with van der Waals surface area (Å²) in [4.78, 5) is 12.2. The minimum atomic E-state index is -0.291. The van der Waals surface area contributed by atoms with Gasteiger partial charge in [0.2, 0.25) is 0 Å². The van der Waals surface area contributed by atoms with Crippen molar-refractivity contribution < 1.29 is 14.3 Å². The molecule has 3 aromatic rings. The lowest BCUT2D eigenvalue weighted by Gasteiger charge is -2.11. The summed E-state index contributed by atoms with van der Waals surface area (Å²) in [5.41, 5.74) is 5.05. The zero-order valence-corrected chi connectivity index (χ0v) is 16.5. The number of halogens is 1. The number of ether oxygens (including phenoxy) is 2. The Kier molecular flexibility index (Phi) is 7.08. The van der Waals surface area contributed by atoms with E-state index in [4.69, 9.17) is 21.1 Å². The quantitative estimate of drug-likeness (QED) is 0.413. The number of carbonyl (C=O) groups is 1. The molecule has 29 heavy (non-hydrogen) atoms. The summed E-state index contributed by atoms with van der Waals surface area (Å²) in [6, 6.07) is 21.7. The fourth-order valence-electron chi connectivity index (χ4n) is 2.50. The maximum Gasteiger partial charge on any atom is 0.262 e. The third-order valence-corrected chi connectivity index (χ3v) is 4.15. The van der Waals surface area contributed by atoms with Crippen LogP contribution in [-0.2, 0) is 4.79 Å². The van der Waals surface area contributed by atoms with Crippen molar-refractivity contribution >= 4 is 35.1 Å². The molecule has 0 radical (unpaired) electrons. The van der Waals surface area contributed by atoms with Gasteiger partial charge < -0.3 is 14.8 Å². The minimum absolute atomic E-state index is 0.145. The van der Waals surface area contributed by atoms with Crippen molar-refractivity contribution in [1.29, 1.82) is 0 Å². The highest BCUT2D eigenvalue weighted by atomic mass is 35.5. The maximum absolute atomic E-state index is 12.2. The van der Waals surface area contributed by atoms with Crippen LogP contribution < -0.4 is 20.2 Å². The number of rotatable bonds is 8. The van der Waals surface area contributed by atoms with Gasteiger partial charge in [0.05, 0.1) is 24.7 Å². The van der Waals surface area contributed by atoms with Crippen LogP contribution in [0.2, 0.25) is 5.02 Å². The molecule has 0 saturated carbocycles. The first-order valence-electron chi connectivity index (χ1n) is 8.85. The van der Waals surface area contributed by atoms with Crippen LogP contribution in [0.5, 0.6) is 11.5 Å². The molecule has 0 bridgehead atoms. The second-order valence-electron chi connectivity index (χ2n) is 5.95. The van der Waals surface area contributed by atoms with Crippen LogP contribution in [0.3, 0.4) is 0 Å². The molecule has 0 spiro atoms. The van der Waals surface area contributed by atoms with Crippen molar-refractivity contribution in [2.75, 3.05) is 24.5 Å². The Morgan fingerprint density at radius 1 is 1.00 bits per heavy atom. The highest BCUT2D eigenvalue weighted by molar-refractivity contribution is 6.30. The summed E-state index contributed by atoms with van der Waals surface area (Å²) in [5, 5.41) is 7.64. The molecule has 0 atom stereocenters. The molecule has 0 fully saturated rings. The number of methoxy groups -OCH3 is 1. The van der Waals surface area contributed by atoms with Gasteiger partial charge in [-0.3, -0.25) is 10.2 Å². The standard InChI is InChI=1S/C22H20ClN3O3/c1-28-21-9-5-3-7-19(21)25-22(27)15-29-20-8-4-2-6-16(20)14-24-26-18-12-10-17(23)11-13-18/h2-14,26H,15H2,1H3,(H,25,27)/b24-14-. The van der Waals surface area contributed by atoms with Gasteiger partial charge in [-0.2, -0.15) is 5.10 Å². The van der Waals surface area contributed by atoms with Crippen LogP contribution in [0, 0.1) is 0 Å². The molecule has 2 N–H and O–H groups in total. The Morgan fingerprint density at radius 2 is 1.69 bits per heavy atom. The van der Waals surface area contributed by atoms with E-state index in [-0.39, 0.29) is 12.5 Å².